The van der Waals surface area contributed by atoms with Crippen LogP contribution in [0.1, 0.15) is 24.1 Å². The Morgan fingerprint density at radius 3 is 2.52 bits per heavy atom. The van der Waals surface area contributed by atoms with Gasteiger partial charge in [-0.1, -0.05) is 28.1 Å². The van der Waals surface area contributed by atoms with E-state index in [1.807, 2.05) is 42.8 Å². The lowest BCUT2D eigenvalue weighted by Gasteiger charge is -2.24. The summed E-state index contributed by atoms with van der Waals surface area (Å²) in [4.78, 5) is 12.3. The van der Waals surface area contributed by atoms with E-state index in [0.717, 1.165) is 15.9 Å². The highest BCUT2D eigenvalue weighted by molar-refractivity contribution is 9.10. The normalized spacial score (nSPS) is 13.8. The van der Waals surface area contributed by atoms with Crippen molar-refractivity contribution in [1.82, 2.24) is 20.1 Å². The number of amides is 1. The molecule has 0 saturated heterocycles. The molecular formula is C14H18BrN5O. The van der Waals surface area contributed by atoms with Gasteiger partial charge >= 0.3 is 0 Å². The topological polar surface area (TPSA) is 85.8 Å². The van der Waals surface area contributed by atoms with Crippen molar-refractivity contribution in [3.05, 3.63) is 46.0 Å². The zero-order chi connectivity index (χ0) is 15.6. The van der Waals surface area contributed by atoms with Gasteiger partial charge in [-0.15, -0.1) is 10.2 Å². The zero-order valence-corrected chi connectivity index (χ0v) is 13.8. The summed E-state index contributed by atoms with van der Waals surface area (Å²) < 4.78 is 2.77. The van der Waals surface area contributed by atoms with Gasteiger partial charge in [0, 0.05) is 11.5 Å². The van der Waals surface area contributed by atoms with Gasteiger partial charge in [-0.3, -0.25) is 4.79 Å². The SMILES string of the molecule is Cc1nnc(CNC(=O)C(C)(N)c2ccc(Br)cc2)n1C. The minimum absolute atomic E-state index is 0.259. The highest BCUT2D eigenvalue weighted by Crippen LogP contribution is 2.20. The largest absolute Gasteiger partial charge is 0.347 e. The summed E-state index contributed by atoms with van der Waals surface area (Å²) in [7, 11) is 1.85. The minimum Gasteiger partial charge on any atom is -0.347 e. The first-order chi connectivity index (χ1) is 9.82. The van der Waals surface area contributed by atoms with Crippen molar-refractivity contribution in [2.24, 2.45) is 12.8 Å². The molecule has 1 heterocycles. The number of aryl methyl sites for hydroxylation is 1. The van der Waals surface area contributed by atoms with Gasteiger partial charge < -0.3 is 15.6 Å². The van der Waals surface area contributed by atoms with Crippen molar-refractivity contribution >= 4 is 21.8 Å². The van der Waals surface area contributed by atoms with Gasteiger partial charge in [0.15, 0.2) is 5.82 Å². The Hall–Kier alpha value is -1.73. The van der Waals surface area contributed by atoms with Crippen LogP contribution in [0.3, 0.4) is 0 Å². The third-order valence-electron chi connectivity index (χ3n) is 3.51. The van der Waals surface area contributed by atoms with Crippen LogP contribution in [0, 0.1) is 6.92 Å². The molecule has 2 rings (SSSR count). The number of nitrogens with one attached hydrogen (secondary N) is 1. The van der Waals surface area contributed by atoms with Crippen molar-refractivity contribution in [3.63, 3.8) is 0 Å². The molecule has 0 aliphatic heterocycles. The fourth-order valence-electron chi connectivity index (χ4n) is 1.88. The number of aromatic nitrogens is 3. The van der Waals surface area contributed by atoms with Crippen molar-refractivity contribution in [3.8, 4) is 0 Å². The van der Waals surface area contributed by atoms with Crippen LogP contribution in [0.25, 0.3) is 0 Å². The Balaban J connectivity index is 2.08. The van der Waals surface area contributed by atoms with Gasteiger partial charge in [0.2, 0.25) is 5.91 Å². The monoisotopic (exact) mass is 351 g/mol. The molecule has 112 valence electrons. The summed E-state index contributed by atoms with van der Waals surface area (Å²) in [5.74, 6) is 1.22. The molecule has 1 unspecified atom stereocenters. The lowest BCUT2D eigenvalue weighted by molar-refractivity contribution is -0.126. The Kier molecular flexibility index (Phi) is 4.43. The van der Waals surface area contributed by atoms with Crippen LogP contribution >= 0.6 is 15.9 Å². The second kappa shape index (κ2) is 5.95. The number of benzene rings is 1. The van der Waals surface area contributed by atoms with Crippen molar-refractivity contribution in [2.45, 2.75) is 25.9 Å². The van der Waals surface area contributed by atoms with Crippen LogP contribution in [0.5, 0.6) is 0 Å². The Morgan fingerprint density at radius 2 is 2.00 bits per heavy atom. The predicted octanol–water partition coefficient (Wildman–Crippen LogP) is 1.38. The first-order valence-corrected chi connectivity index (χ1v) is 7.29. The average Bonchev–Trinajstić information content (AvgIpc) is 2.76. The first-order valence-electron chi connectivity index (χ1n) is 6.50. The minimum atomic E-state index is -1.10. The third kappa shape index (κ3) is 3.30. The van der Waals surface area contributed by atoms with Gasteiger partial charge in [0.05, 0.1) is 6.54 Å². The molecule has 1 atom stereocenters. The molecule has 2 aromatic rings. The first kappa shape index (κ1) is 15.7. The van der Waals surface area contributed by atoms with Crippen LogP contribution in [-0.4, -0.2) is 20.7 Å². The number of carbonyl (C=O) groups excluding carboxylic acids is 1. The molecule has 0 bridgehead atoms. The molecule has 0 saturated carbocycles. The molecule has 1 aromatic heterocycles. The van der Waals surface area contributed by atoms with Crippen LogP contribution in [-0.2, 0) is 23.9 Å². The van der Waals surface area contributed by atoms with Gasteiger partial charge in [-0.05, 0) is 31.5 Å². The zero-order valence-electron chi connectivity index (χ0n) is 12.2. The summed E-state index contributed by atoms with van der Waals surface area (Å²) in [5, 5.41) is 10.8. The molecule has 0 spiro atoms. The molecule has 0 aliphatic carbocycles. The van der Waals surface area contributed by atoms with Crippen LogP contribution in [0.4, 0.5) is 0 Å². The second-order valence-electron chi connectivity index (χ2n) is 5.11. The molecule has 6 nitrogen and oxygen atoms in total. The number of hydrogen-bond donors (Lipinski definition) is 2. The number of rotatable bonds is 4. The molecule has 7 heteroatoms. The van der Waals surface area contributed by atoms with Crippen molar-refractivity contribution in [1.29, 1.82) is 0 Å². The van der Waals surface area contributed by atoms with Crippen LogP contribution < -0.4 is 11.1 Å². The van der Waals surface area contributed by atoms with E-state index >= 15 is 0 Å². The maximum atomic E-state index is 12.3. The molecule has 3 N–H and O–H groups in total. The summed E-state index contributed by atoms with van der Waals surface area (Å²) in [5.41, 5.74) is 5.81. The van der Waals surface area contributed by atoms with E-state index in [9.17, 15) is 4.79 Å². The number of nitrogens with two attached hydrogens (primary N) is 1. The van der Waals surface area contributed by atoms with Crippen molar-refractivity contribution in [2.75, 3.05) is 0 Å². The summed E-state index contributed by atoms with van der Waals surface area (Å²) in [6, 6.07) is 7.38. The lowest BCUT2D eigenvalue weighted by Crippen LogP contribution is -2.48. The Morgan fingerprint density at radius 1 is 1.38 bits per heavy atom. The molecule has 21 heavy (non-hydrogen) atoms. The predicted molar refractivity (Wildman–Crippen MR) is 83.3 cm³/mol. The van der Waals surface area contributed by atoms with E-state index in [2.05, 4.69) is 31.4 Å². The van der Waals surface area contributed by atoms with Gasteiger partial charge in [-0.2, -0.15) is 0 Å². The average molecular weight is 352 g/mol. The molecule has 0 fully saturated rings. The van der Waals surface area contributed by atoms with E-state index in [-0.39, 0.29) is 5.91 Å². The standard InChI is InChI=1S/C14H18BrN5O/c1-9-18-19-12(20(9)3)8-17-13(21)14(2,16)10-4-6-11(15)7-5-10/h4-7H,8,16H2,1-3H3,(H,17,21). The number of halogens is 1. The maximum absolute atomic E-state index is 12.3. The molecule has 1 aromatic carbocycles. The van der Waals surface area contributed by atoms with E-state index in [0.29, 0.717) is 12.4 Å². The summed E-state index contributed by atoms with van der Waals surface area (Å²) >= 11 is 3.36. The van der Waals surface area contributed by atoms with Crippen LogP contribution in [0.2, 0.25) is 0 Å². The van der Waals surface area contributed by atoms with Gasteiger partial charge in [0.1, 0.15) is 11.4 Å². The fraction of sp³-hybridized carbons (Fsp3) is 0.357. The van der Waals surface area contributed by atoms with E-state index in [1.165, 1.54) is 0 Å². The summed E-state index contributed by atoms with van der Waals surface area (Å²) in [6.07, 6.45) is 0. The molecule has 0 aliphatic rings. The maximum Gasteiger partial charge on any atom is 0.244 e. The lowest BCUT2D eigenvalue weighted by atomic mass is 9.92. The van der Waals surface area contributed by atoms with Crippen molar-refractivity contribution < 1.29 is 4.79 Å². The second-order valence-corrected chi connectivity index (χ2v) is 6.03. The Labute approximate surface area is 131 Å². The number of carbonyl (C=O) groups is 1. The summed E-state index contributed by atoms with van der Waals surface area (Å²) in [6.45, 7) is 3.83. The fourth-order valence-corrected chi connectivity index (χ4v) is 2.14. The molecule has 0 radical (unpaired) electrons. The number of hydrogen-bond acceptors (Lipinski definition) is 4. The van der Waals surface area contributed by atoms with Gasteiger partial charge in [0.25, 0.3) is 0 Å². The van der Waals surface area contributed by atoms with E-state index in [1.54, 1.807) is 6.92 Å². The molecular weight excluding hydrogens is 334 g/mol. The molecule has 1 amide bonds. The quantitative estimate of drug-likeness (QED) is 0.871. The van der Waals surface area contributed by atoms with E-state index < -0.39 is 5.54 Å². The third-order valence-corrected chi connectivity index (χ3v) is 4.03. The Bertz CT molecular complexity index is 648. The van der Waals surface area contributed by atoms with Gasteiger partial charge in [-0.25, -0.2) is 0 Å². The highest BCUT2D eigenvalue weighted by atomic mass is 79.9. The van der Waals surface area contributed by atoms with E-state index in [4.69, 9.17) is 5.73 Å². The smallest absolute Gasteiger partial charge is 0.244 e. The number of nitrogens with zero attached hydrogens (tertiary/aromatic N) is 3. The highest BCUT2D eigenvalue weighted by Gasteiger charge is 2.30. The van der Waals surface area contributed by atoms with Crippen LogP contribution in [0.15, 0.2) is 28.7 Å².